The summed E-state index contributed by atoms with van der Waals surface area (Å²) in [5.41, 5.74) is 6.05. The lowest BCUT2D eigenvalue weighted by Gasteiger charge is -2.07. The fourth-order valence-corrected chi connectivity index (χ4v) is 2.57. The third kappa shape index (κ3) is 3.27. The minimum absolute atomic E-state index is 0.302. The molecular weight excluding hydrogens is 270 g/mol. The van der Waals surface area contributed by atoms with Crippen molar-refractivity contribution in [3.63, 3.8) is 0 Å². The predicted octanol–water partition coefficient (Wildman–Crippen LogP) is 2.49. The van der Waals surface area contributed by atoms with Gasteiger partial charge in [-0.25, -0.2) is 4.98 Å². The van der Waals surface area contributed by atoms with Crippen molar-refractivity contribution < 1.29 is 4.79 Å². The highest BCUT2D eigenvalue weighted by molar-refractivity contribution is 7.99. The van der Waals surface area contributed by atoms with Crippen molar-refractivity contribution in [1.29, 1.82) is 0 Å². The van der Waals surface area contributed by atoms with Crippen molar-refractivity contribution in [3.05, 3.63) is 41.7 Å². The van der Waals surface area contributed by atoms with Gasteiger partial charge in [-0.3, -0.25) is 9.36 Å². The molecule has 0 saturated heterocycles. The van der Waals surface area contributed by atoms with E-state index in [1.165, 1.54) is 11.8 Å². The molecule has 4 nitrogen and oxygen atoms in total. The number of nitrogens with zero attached hydrogens (tertiary/aromatic N) is 2. The number of amides is 1. The number of halogens is 1. The van der Waals surface area contributed by atoms with E-state index in [1.807, 2.05) is 35.0 Å². The van der Waals surface area contributed by atoms with Gasteiger partial charge >= 0.3 is 0 Å². The molecule has 18 heavy (non-hydrogen) atoms. The van der Waals surface area contributed by atoms with E-state index in [9.17, 15) is 4.79 Å². The van der Waals surface area contributed by atoms with Crippen LogP contribution in [0.3, 0.4) is 0 Å². The molecule has 2 N–H and O–H groups in total. The van der Waals surface area contributed by atoms with Crippen molar-refractivity contribution in [1.82, 2.24) is 9.55 Å². The number of hydrogen-bond donors (Lipinski definition) is 1. The van der Waals surface area contributed by atoms with Gasteiger partial charge < -0.3 is 5.73 Å². The monoisotopic (exact) mass is 281 g/mol. The number of rotatable bonds is 5. The first-order chi connectivity index (χ1) is 8.66. The van der Waals surface area contributed by atoms with E-state index in [0.29, 0.717) is 17.2 Å². The maximum absolute atomic E-state index is 10.7. The summed E-state index contributed by atoms with van der Waals surface area (Å²) in [5.74, 6) is 0.316. The van der Waals surface area contributed by atoms with Crippen LogP contribution in [0.15, 0.2) is 41.8 Å². The fraction of sp³-hybridized carbons (Fsp3) is 0.167. The quantitative estimate of drug-likeness (QED) is 0.857. The van der Waals surface area contributed by atoms with Crippen molar-refractivity contribution >= 4 is 29.3 Å². The molecule has 1 amide bonds. The smallest absolute Gasteiger partial charge is 0.218 e. The van der Waals surface area contributed by atoms with E-state index in [-0.39, 0.29) is 5.91 Å². The van der Waals surface area contributed by atoms with Gasteiger partial charge in [-0.05, 0) is 18.2 Å². The average molecular weight is 282 g/mol. The number of primary amides is 1. The first-order valence-electron chi connectivity index (χ1n) is 5.37. The van der Waals surface area contributed by atoms with E-state index >= 15 is 0 Å². The number of nitrogens with two attached hydrogens (primary N) is 1. The molecule has 2 aromatic rings. The first kappa shape index (κ1) is 13.0. The Balaban J connectivity index is 2.15. The van der Waals surface area contributed by atoms with Crippen LogP contribution >= 0.6 is 23.4 Å². The molecule has 0 aliphatic carbocycles. The summed E-state index contributed by atoms with van der Waals surface area (Å²) >= 11 is 7.45. The highest BCUT2D eigenvalue weighted by Crippen LogP contribution is 2.22. The standard InChI is InChI=1S/C12H12ClN3OS/c13-9-2-1-3-10(8-9)16-6-5-15-12(16)18-7-4-11(14)17/h1-3,5-6,8H,4,7H2,(H2,14,17). The van der Waals surface area contributed by atoms with Gasteiger partial charge in [0.2, 0.25) is 5.91 Å². The molecular formula is C12H12ClN3OS. The second-order valence-corrected chi connectivity index (χ2v) is 5.12. The van der Waals surface area contributed by atoms with Crippen molar-refractivity contribution in [2.75, 3.05) is 5.75 Å². The molecule has 1 aromatic carbocycles. The van der Waals surface area contributed by atoms with Crippen LogP contribution in [0.5, 0.6) is 0 Å². The Bertz CT molecular complexity index is 556. The Labute approximate surface area is 114 Å². The summed E-state index contributed by atoms with van der Waals surface area (Å²) in [6, 6.07) is 7.52. The number of carbonyl (C=O) groups excluding carboxylic acids is 1. The summed E-state index contributed by atoms with van der Waals surface area (Å²) in [6.07, 6.45) is 3.92. The molecule has 1 aromatic heterocycles. The molecule has 0 spiro atoms. The zero-order valence-electron chi connectivity index (χ0n) is 9.54. The molecule has 0 unspecified atom stereocenters. The minimum Gasteiger partial charge on any atom is -0.370 e. The summed E-state index contributed by atoms with van der Waals surface area (Å²) in [5, 5.41) is 1.49. The van der Waals surface area contributed by atoms with Crippen molar-refractivity contribution in [2.24, 2.45) is 5.73 Å². The van der Waals surface area contributed by atoms with Gasteiger partial charge in [0.1, 0.15) is 0 Å². The van der Waals surface area contributed by atoms with Gasteiger partial charge in [0, 0.05) is 35.3 Å². The van der Waals surface area contributed by atoms with Crippen molar-refractivity contribution in [2.45, 2.75) is 11.6 Å². The lowest BCUT2D eigenvalue weighted by Crippen LogP contribution is -2.11. The lowest BCUT2D eigenvalue weighted by atomic mass is 10.3. The Kier molecular flexibility index (Phi) is 4.28. The lowest BCUT2D eigenvalue weighted by molar-refractivity contribution is -0.117. The number of carbonyl (C=O) groups is 1. The zero-order chi connectivity index (χ0) is 13.0. The number of hydrogen-bond acceptors (Lipinski definition) is 3. The van der Waals surface area contributed by atoms with Gasteiger partial charge in [0.05, 0.1) is 0 Å². The van der Waals surface area contributed by atoms with Crippen LogP contribution in [-0.2, 0) is 4.79 Å². The Morgan fingerprint density at radius 2 is 2.33 bits per heavy atom. The van der Waals surface area contributed by atoms with Crippen LogP contribution in [0.2, 0.25) is 5.02 Å². The molecule has 2 rings (SSSR count). The molecule has 0 aliphatic heterocycles. The van der Waals surface area contributed by atoms with E-state index < -0.39 is 0 Å². The highest BCUT2D eigenvalue weighted by atomic mass is 35.5. The fourth-order valence-electron chi connectivity index (χ4n) is 1.46. The average Bonchev–Trinajstić information content (AvgIpc) is 2.77. The molecule has 0 saturated carbocycles. The Morgan fingerprint density at radius 1 is 1.50 bits per heavy atom. The predicted molar refractivity (Wildman–Crippen MR) is 73.1 cm³/mol. The SMILES string of the molecule is NC(=O)CCSc1nccn1-c1cccc(Cl)c1. The third-order valence-electron chi connectivity index (χ3n) is 2.27. The van der Waals surface area contributed by atoms with Gasteiger partial charge in [-0.15, -0.1) is 0 Å². The van der Waals surface area contributed by atoms with Gasteiger partial charge in [0.15, 0.2) is 5.16 Å². The molecule has 0 aliphatic rings. The summed E-state index contributed by atoms with van der Waals surface area (Å²) in [6.45, 7) is 0. The molecule has 1 heterocycles. The molecule has 0 bridgehead atoms. The molecule has 0 fully saturated rings. The highest BCUT2D eigenvalue weighted by Gasteiger charge is 2.06. The van der Waals surface area contributed by atoms with Gasteiger partial charge in [-0.2, -0.15) is 0 Å². The number of benzene rings is 1. The van der Waals surface area contributed by atoms with Gasteiger partial charge in [0.25, 0.3) is 0 Å². The summed E-state index contributed by atoms with van der Waals surface area (Å²) in [7, 11) is 0. The largest absolute Gasteiger partial charge is 0.370 e. The second kappa shape index (κ2) is 5.93. The van der Waals surface area contributed by atoms with E-state index in [2.05, 4.69) is 4.98 Å². The van der Waals surface area contributed by atoms with Crippen LogP contribution in [0, 0.1) is 0 Å². The van der Waals surface area contributed by atoms with Gasteiger partial charge in [-0.1, -0.05) is 29.4 Å². The number of imidazole rings is 1. The van der Waals surface area contributed by atoms with Crippen molar-refractivity contribution in [3.8, 4) is 5.69 Å². The second-order valence-electron chi connectivity index (χ2n) is 3.62. The van der Waals surface area contributed by atoms with Crippen LogP contribution in [0.1, 0.15) is 6.42 Å². The van der Waals surface area contributed by atoms with Crippen LogP contribution < -0.4 is 5.73 Å². The van der Waals surface area contributed by atoms with Crippen LogP contribution in [0.25, 0.3) is 5.69 Å². The van der Waals surface area contributed by atoms with E-state index in [4.69, 9.17) is 17.3 Å². The minimum atomic E-state index is -0.302. The number of aromatic nitrogens is 2. The molecule has 0 atom stereocenters. The van der Waals surface area contributed by atoms with Crippen LogP contribution in [-0.4, -0.2) is 21.2 Å². The Morgan fingerprint density at radius 3 is 3.06 bits per heavy atom. The summed E-state index contributed by atoms with van der Waals surface area (Å²) in [4.78, 5) is 14.9. The van der Waals surface area contributed by atoms with Crippen LogP contribution in [0.4, 0.5) is 0 Å². The molecule has 94 valence electrons. The topological polar surface area (TPSA) is 60.9 Å². The molecule has 0 radical (unpaired) electrons. The normalized spacial score (nSPS) is 10.5. The van der Waals surface area contributed by atoms with E-state index in [1.54, 1.807) is 6.20 Å². The maximum Gasteiger partial charge on any atom is 0.218 e. The first-order valence-corrected chi connectivity index (χ1v) is 6.73. The summed E-state index contributed by atoms with van der Waals surface area (Å²) < 4.78 is 1.93. The molecule has 6 heteroatoms. The maximum atomic E-state index is 10.7. The third-order valence-corrected chi connectivity index (χ3v) is 3.48. The number of thioether (sulfide) groups is 1. The Hall–Kier alpha value is -1.46. The van der Waals surface area contributed by atoms with E-state index in [0.717, 1.165) is 10.8 Å². The zero-order valence-corrected chi connectivity index (χ0v) is 11.1.